The van der Waals surface area contributed by atoms with Gasteiger partial charge in [0, 0.05) is 19.2 Å². The molecule has 0 saturated heterocycles. The minimum absolute atomic E-state index is 0.343. The second-order valence-electron chi connectivity index (χ2n) is 5.59. The van der Waals surface area contributed by atoms with E-state index >= 15 is 0 Å². The van der Waals surface area contributed by atoms with E-state index in [4.69, 9.17) is 9.47 Å². The van der Waals surface area contributed by atoms with Crippen molar-refractivity contribution in [2.75, 3.05) is 13.4 Å². The van der Waals surface area contributed by atoms with Crippen LogP contribution in [0.5, 0.6) is 5.75 Å². The van der Waals surface area contributed by atoms with Gasteiger partial charge >= 0.3 is 0 Å². The molecule has 0 radical (unpaired) electrons. The summed E-state index contributed by atoms with van der Waals surface area (Å²) < 4.78 is 12.2. The smallest absolute Gasteiger partial charge is 0.189 e. The molecule has 0 amide bonds. The van der Waals surface area contributed by atoms with Gasteiger partial charge in [-0.05, 0) is 36.2 Å². The summed E-state index contributed by atoms with van der Waals surface area (Å²) in [7, 11) is -0.995. The molecule has 0 aliphatic carbocycles. The Bertz CT molecular complexity index is 375. The maximum Gasteiger partial charge on any atom is 0.189 e. The lowest BCUT2D eigenvalue weighted by atomic mass is 10.2. The van der Waals surface area contributed by atoms with Crippen LogP contribution in [0.3, 0.4) is 0 Å². The normalized spacial score (nSPS) is 11.6. The lowest BCUT2D eigenvalue weighted by Gasteiger charge is -2.15. The Morgan fingerprint density at radius 3 is 2.56 bits per heavy atom. The molecule has 0 aliphatic rings. The van der Waals surface area contributed by atoms with Gasteiger partial charge < -0.3 is 9.47 Å². The van der Waals surface area contributed by atoms with E-state index in [1.54, 1.807) is 0 Å². The summed E-state index contributed by atoms with van der Waals surface area (Å²) in [4.78, 5) is 0. The topological polar surface area (TPSA) is 18.5 Å². The molecule has 0 N–H and O–H groups in total. The zero-order valence-corrected chi connectivity index (χ0v) is 14.3. The average Bonchev–Trinajstić information content (AvgIpc) is 2.29. The van der Waals surface area contributed by atoms with Crippen molar-refractivity contribution >= 4 is 24.0 Å². The van der Waals surface area contributed by atoms with Crippen molar-refractivity contribution in [3.63, 3.8) is 0 Å². The van der Waals surface area contributed by atoms with Gasteiger partial charge in [-0.15, -0.1) is 0 Å². The first-order valence-corrected chi connectivity index (χ1v) is 10.9. The van der Waals surface area contributed by atoms with Gasteiger partial charge in [0.1, 0.15) is 5.75 Å². The third kappa shape index (κ3) is 6.02. The van der Waals surface area contributed by atoms with E-state index in [2.05, 4.69) is 48.6 Å². The highest BCUT2D eigenvalue weighted by molar-refractivity contribution is 9.10. The second-order valence-corrected chi connectivity index (χ2v) is 12.1. The standard InChI is InChI=1S/C14H23BrO2Si/c1-5-12-10-13(6-7-14(12)15)17-11-16-8-9-18(2,3)4/h6-7,10H,5,8-9,11H2,1-4H3. The molecular formula is C14H23BrO2Si. The fourth-order valence-corrected chi connectivity index (χ4v) is 2.74. The molecular weight excluding hydrogens is 308 g/mol. The Morgan fingerprint density at radius 1 is 1.22 bits per heavy atom. The Balaban J connectivity index is 2.31. The van der Waals surface area contributed by atoms with Crippen molar-refractivity contribution in [1.82, 2.24) is 0 Å². The summed E-state index contributed by atoms with van der Waals surface area (Å²) >= 11 is 3.52. The molecule has 1 aromatic rings. The van der Waals surface area contributed by atoms with Crippen molar-refractivity contribution in [2.24, 2.45) is 0 Å². The molecule has 0 spiro atoms. The molecule has 18 heavy (non-hydrogen) atoms. The molecule has 0 aliphatic heterocycles. The van der Waals surface area contributed by atoms with Crippen LogP contribution in [0.15, 0.2) is 22.7 Å². The average molecular weight is 331 g/mol. The third-order valence-corrected chi connectivity index (χ3v) is 5.18. The van der Waals surface area contributed by atoms with E-state index < -0.39 is 8.07 Å². The van der Waals surface area contributed by atoms with Crippen LogP contribution in [0.1, 0.15) is 12.5 Å². The zero-order valence-electron chi connectivity index (χ0n) is 11.8. The Morgan fingerprint density at radius 2 is 1.94 bits per heavy atom. The van der Waals surface area contributed by atoms with Crippen LogP contribution in [-0.4, -0.2) is 21.5 Å². The molecule has 0 atom stereocenters. The summed E-state index contributed by atoms with van der Waals surface area (Å²) in [5.41, 5.74) is 1.26. The van der Waals surface area contributed by atoms with E-state index in [-0.39, 0.29) is 0 Å². The first-order valence-electron chi connectivity index (χ1n) is 6.41. The van der Waals surface area contributed by atoms with E-state index in [0.717, 1.165) is 23.2 Å². The quantitative estimate of drug-likeness (QED) is 0.409. The molecule has 0 heterocycles. The SMILES string of the molecule is CCc1cc(OCOCC[Si](C)(C)C)ccc1Br. The molecule has 2 nitrogen and oxygen atoms in total. The largest absolute Gasteiger partial charge is 0.468 e. The zero-order chi connectivity index (χ0) is 13.6. The molecule has 0 fully saturated rings. The number of aryl methyl sites for hydroxylation is 1. The predicted octanol–water partition coefficient (Wildman–Crippen LogP) is 4.70. The minimum atomic E-state index is -0.995. The molecule has 1 aromatic carbocycles. The summed E-state index contributed by atoms with van der Waals surface area (Å²) in [6.07, 6.45) is 0.994. The number of benzene rings is 1. The number of hydrogen-bond acceptors (Lipinski definition) is 2. The molecule has 0 saturated carbocycles. The summed E-state index contributed by atoms with van der Waals surface area (Å²) in [6, 6.07) is 7.23. The highest BCUT2D eigenvalue weighted by Crippen LogP contribution is 2.23. The van der Waals surface area contributed by atoms with Crippen LogP contribution >= 0.6 is 15.9 Å². The van der Waals surface area contributed by atoms with Crippen molar-refractivity contribution < 1.29 is 9.47 Å². The first kappa shape index (κ1) is 15.7. The molecule has 102 valence electrons. The predicted molar refractivity (Wildman–Crippen MR) is 83.1 cm³/mol. The first-order chi connectivity index (χ1) is 8.42. The number of ether oxygens (including phenoxy) is 2. The Labute approximate surface area is 120 Å². The van der Waals surface area contributed by atoms with Crippen LogP contribution in [0.4, 0.5) is 0 Å². The monoisotopic (exact) mass is 330 g/mol. The third-order valence-electron chi connectivity index (χ3n) is 2.70. The molecule has 1 rings (SSSR count). The number of hydrogen-bond donors (Lipinski definition) is 0. The van der Waals surface area contributed by atoms with E-state index in [0.29, 0.717) is 6.79 Å². The maximum atomic E-state index is 5.59. The highest BCUT2D eigenvalue weighted by atomic mass is 79.9. The molecule has 0 unspecified atom stereocenters. The van der Waals surface area contributed by atoms with Gasteiger partial charge in [0.15, 0.2) is 6.79 Å². The lowest BCUT2D eigenvalue weighted by molar-refractivity contribution is 0.0220. The fourth-order valence-electron chi connectivity index (χ4n) is 1.46. The van der Waals surface area contributed by atoms with E-state index in [1.165, 1.54) is 11.6 Å². The molecule has 4 heteroatoms. The van der Waals surface area contributed by atoms with Crippen molar-refractivity contribution in [1.29, 1.82) is 0 Å². The van der Waals surface area contributed by atoms with Crippen molar-refractivity contribution in [3.05, 3.63) is 28.2 Å². The maximum absolute atomic E-state index is 5.59. The van der Waals surface area contributed by atoms with Gasteiger partial charge in [-0.25, -0.2) is 0 Å². The van der Waals surface area contributed by atoms with Gasteiger partial charge in [-0.1, -0.05) is 42.5 Å². The van der Waals surface area contributed by atoms with Crippen LogP contribution in [0, 0.1) is 0 Å². The van der Waals surface area contributed by atoms with Crippen molar-refractivity contribution in [3.8, 4) is 5.75 Å². The van der Waals surface area contributed by atoms with Gasteiger partial charge in [0.25, 0.3) is 0 Å². The lowest BCUT2D eigenvalue weighted by Crippen LogP contribution is -2.22. The minimum Gasteiger partial charge on any atom is -0.468 e. The number of rotatable bonds is 7. The Hall–Kier alpha value is -0.323. The summed E-state index contributed by atoms with van der Waals surface area (Å²) in [5.74, 6) is 0.878. The summed E-state index contributed by atoms with van der Waals surface area (Å²) in [6.45, 7) is 10.3. The van der Waals surface area contributed by atoms with Gasteiger partial charge in [0.05, 0.1) is 0 Å². The second kappa shape index (κ2) is 7.31. The van der Waals surface area contributed by atoms with Crippen molar-refractivity contribution in [2.45, 2.75) is 39.0 Å². The van der Waals surface area contributed by atoms with Crippen LogP contribution < -0.4 is 4.74 Å². The van der Waals surface area contributed by atoms with Crippen LogP contribution in [0.25, 0.3) is 0 Å². The molecule has 0 bridgehead atoms. The van der Waals surface area contributed by atoms with Gasteiger partial charge in [-0.3, -0.25) is 0 Å². The van der Waals surface area contributed by atoms with Gasteiger partial charge in [-0.2, -0.15) is 0 Å². The molecule has 0 aromatic heterocycles. The van der Waals surface area contributed by atoms with E-state index in [9.17, 15) is 0 Å². The number of halogens is 1. The summed E-state index contributed by atoms with van der Waals surface area (Å²) in [5, 5.41) is 0. The fraction of sp³-hybridized carbons (Fsp3) is 0.571. The van der Waals surface area contributed by atoms with Crippen LogP contribution in [0.2, 0.25) is 25.7 Å². The Kier molecular flexibility index (Phi) is 6.39. The highest BCUT2D eigenvalue weighted by Gasteiger charge is 2.11. The van der Waals surface area contributed by atoms with E-state index in [1.807, 2.05) is 12.1 Å². The van der Waals surface area contributed by atoms with Crippen LogP contribution in [-0.2, 0) is 11.2 Å². The van der Waals surface area contributed by atoms with Gasteiger partial charge in [0.2, 0.25) is 0 Å².